The van der Waals surface area contributed by atoms with Crippen LogP contribution in [0.25, 0.3) is 0 Å². The Labute approximate surface area is 170 Å². The monoisotopic (exact) mass is 403 g/mol. The number of hydrogen-bond donors (Lipinski definition) is 1. The number of nitrogens with zero attached hydrogens (tertiary/aromatic N) is 4. The van der Waals surface area contributed by atoms with Gasteiger partial charge in [-0.05, 0) is 17.7 Å². The van der Waals surface area contributed by atoms with E-state index in [1.165, 1.54) is 5.56 Å². The molecule has 1 atom stereocenters. The maximum absolute atomic E-state index is 6.09. The van der Waals surface area contributed by atoms with Gasteiger partial charge in [-0.25, -0.2) is 9.97 Å². The molecule has 1 unspecified atom stereocenters. The molecule has 0 saturated carbocycles. The Kier molecular flexibility index (Phi) is 6.59. The van der Waals surface area contributed by atoms with E-state index in [9.17, 15) is 0 Å². The van der Waals surface area contributed by atoms with Crippen molar-refractivity contribution < 1.29 is 9.47 Å². The maximum atomic E-state index is 6.09. The molecule has 0 radical (unpaired) electrons. The fraction of sp³-hybridized carbons (Fsp3) is 0.500. The molecule has 0 spiro atoms. The van der Waals surface area contributed by atoms with Crippen LogP contribution in [0.15, 0.2) is 36.7 Å². The minimum absolute atomic E-state index is 0.225. The van der Waals surface area contributed by atoms with Crippen LogP contribution in [0.3, 0.4) is 0 Å². The average molecular weight is 404 g/mol. The smallest absolute Gasteiger partial charge is 0.134 e. The van der Waals surface area contributed by atoms with E-state index in [1.807, 2.05) is 18.2 Å². The van der Waals surface area contributed by atoms with Crippen molar-refractivity contribution >= 4 is 23.2 Å². The fourth-order valence-corrected chi connectivity index (χ4v) is 3.77. The van der Waals surface area contributed by atoms with Crippen LogP contribution in [0.4, 0.5) is 11.6 Å². The minimum Gasteiger partial charge on any atom is -0.379 e. The molecule has 1 aromatic heterocycles. The van der Waals surface area contributed by atoms with Crippen molar-refractivity contribution in [2.24, 2.45) is 0 Å². The molecule has 8 heteroatoms. The van der Waals surface area contributed by atoms with Gasteiger partial charge in [0.1, 0.15) is 18.0 Å². The zero-order valence-electron chi connectivity index (χ0n) is 15.9. The zero-order valence-corrected chi connectivity index (χ0v) is 16.6. The number of morpholine rings is 2. The standard InChI is InChI=1S/C20H26ClN5O2/c21-17-3-1-16(2-4-17)18(25-5-9-27-10-6-25)14-22-19-13-20(24-15-23-19)26-7-11-28-12-8-26/h1-4,13,15,18H,5-12,14H2,(H,22,23,24). The Morgan fingerprint density at radius 1 is 0.964 bits per heavy atom. The van der Waals surface area contributed by atoms with Gasteiger partial charge in [0.25, 0.3) is 0 Å². The third kappa shape index (κ3) is 4.91. The summed E-state index contributed by atoms with van der Waals surface area (Å²) in [7, 11) is 0. The van der Waals surface area contributed by atoms with Gasteiger partial charge in [-0.3, -0.25) is 4.90 Å². The Hall–Kier alpha value is -1.93. The summed E-state index contributed by atoms with van der Waals surface area (Å²) in [6.45, 7) is 7.30. The van der Waals surface area contributed by atoms with Gasteiger partial charge in [-0.2, -0.15) is 0 Å². The molecule has 1 aromatic carbocycles. The molecule has 2 aliphatic heterocycles. The topological polar surface area (TPSA) is 62.8 Å². The second-order valence-corrected chi connectivity index (χ2v) is 7.39. The van der Waals surface area contributed by atoms with Crippen LogP contribution in [-0.4, -0.2) is 74.0 Å². The molecular formula is C20H26ClN5O2. The lowest BCUT2D eigenvalue weighted by Gasteiger charge is -2.35. The van der Waals surface area contributed by atoms with Crippen molar-refractivity contribution in [1.29, 1.82) is 0 Å². The van der Waals surface area contributed by atoms with Gasteiger partial charge in [0.05, 0.1) is 32.5 Å². The van der Waals surface area contributed by atoms with Crippen molar-refractivity contribution in [3.8, 4) is 0 Å². The van der Waals surface area contributed by atoms with Gasteiger partial charge in [-0.15, -0.1) is 0 Å². The molecule has 7 nitrogen and oxygen atoms in total. The van der Waals surface area contributed by atoms with Crippen LogP contribution >= 0.6 is 11.6 Å². The van der Waals surface area contributed by atoms with Gasteiger partial charge in [-0.1, -0.05) is 23.7 Å². The number of nitrogens with one attached hydrogen (secondary N) is 1. The third-order valence-corrected chi connectivity index (χ3v) is 5.46. The first-order valence-electron chi connectivity index (χ1n) is 9.75. The van der Waals surface area contributed by atoms with Gasteiger partial charge < -0.3 is 19.7 Å². The van der Waals surface area contributed by atoms with E-state index >= 15 is 0 Å². The average Bonchev–Trinajstić information content (AvgIpc) is 2.77. The quantitative estimate of drug-likeness (QED) is 0.794. The van der Waals surface area contributed by atoms with Crippen LogP contribution in [0.1, 0.15) is 11.6 Å². The first-order chi connectivity index (χ1) is 13.8. The molecule has 150 valence electrons. The van der Waals surface area contributed by atoms with Crippen LogP contribution in [-0.2, 0) is 9.47 Å². The summed E-state index contributed by atoms with van der Waals surface area (Å²) in [5.41, 5.74) is 1.24. The predicted octanol–water partition coefficient (Wildman–Crippen LogP) is 2.45. The summed E-state index contributed by atoms with van der Waals surface area (Å²) in [6.07, 6.45) is 1.62. The van der Waals surface area contributed by atoms with E-state index in [-0.39, 0.29) is 6.04 Å². The fourth-order valence-electron chi connectivity index (χ4n) is 3.64. The predicted molar refractivity (Wildman–Crippen MR) is 110 cm³/mol. The lowest BCUT2D eigenvalue weighted by molar-refractivity contribution is 0.0187. The van der Waals surface area contributed by atoms with E-state index in [4.69, 9.17) is 21.1 Å². The van der Waals surface area contributed by atoms with E-state index in [1.54, 1.807) is 6.33 Å². The highest BCUT2D eigenvalue weighted by Crippen LogP contribution is 2.24. The van der Waals surface area contributed by atoms with Gasteiger partial charge in [0, 0.05) is 43.8 Å². The SMILES string of the molecule is Clc1ccc(C(CNc2cc(N3CCOCC3)ncn2)N2CCOCC2)cc1. The molecule has 2 fully saturated rings. The first kappa shape index (κ1) is 19.4. The molecule has 2 aromatic rings. The van der Waals surface area contributed by atoms with Crippen LogP contribution in [0, 0.1) is 0 Å². The molecular weight excluding hydrogens is 378 g/mol. The number of anilines is 2. The minimum atomic E-state index is 0.225. The Bertz CT molecular complexity index is 749. The number of halogens is 1. The Morgan fingerprint density at radius 2 is 1.64 bits per heavy atom. The second-order valence-electron chi connectivity index (χ2n) is 6.96. The number of rotatable bonds is 6. The van der Waals surface area contributed by atoms with Crippen LogP contribution in [0.5, 0.6) is 0 Å². The van der Waals surface area contributed by atoms with Gasteiger partial charge in [0.15, 0.2) is 0 Å². The summed E-state index contributed by atoms with van der Waals surface area (Å²) in [4.78, 5) is 13.5. The number of hydrogen-bond acceptors (Lipinski definition) is 7. The molecule has 0 amide bonds. The molecule has 4 rings (SSSR count). The van der Waals surface area contributed by atoms with E-state index < -0.39 is 0 Å². The number of ether oxygens (including phenoxy) is 2. The summed E-state index contributed by atoms with van der Waals surface area (Å²) in [5, 5.41) is 4.26. The summed E-state index contributed by atoms with van der Waals surface area (Å²) in [5.74, 6) is 1.78. The van der Waals surface area contributed by atoms with Crippen molar-refractivity contribution in [1.82, 2.24) is 14.9 Å². The molecule has 2 saturated heterocycles. The lowest BCUT2D eigenvalue weighted by Crippen LogP contribution is -2.41. The van der Waals surface area contributed by atoms with E-state index in [0.29, 0.717) is 0 Å². The number of aromatic nitrogens is 2. The Balaban J connectivity index is 1.47. The molecule has 0 bridgehead atoms. The van der Waals surface area contributed by atoms with Gasteiger partial charge >= 0.3 is 0 Å². The van der Waals surface area contributed by atoms with Crippen molar-refractivity contribution in [2.45, 2.75) is 6.04 Å². The van der Waals surface area contributed by atoms with Crippen molar-refractivity contribution in [2.75, 3.05) is 69.4 Å². The second kappa shape index (κ2) is 9.52. The molecule has 3 heterocycles. The van der Waals surface area contributed by atoms with E-state index in [2.05, 4.69) is 37.2 Å². The maximum Gasteiger partial charge on any atom is 0.134 e. The summed E-state index contributed by atoms with van der Waals surface area (Å²) in [6, 6.07) is 10.3. The van der Waals surface area contributed by atoms with Crippen LogP contribution in [0.2, 0.25) is 5.02 Å². The van der Waals surface area contributed by atoms with Crippen LogP contribution < -0.4 is 10.2 Å². The summed E-state index contributed by atoms with van der Waals surface area (Å²) >= 11 is 6.09. The van der Waals surface area contributed by atoms with Crippen molar-refractivity contribution in [3.05, 3.63) is 47.2 Å². The lowest BCUT2D eigenvalue weighted by atomic mass is 10.0. The first-order valence-corrected chi connectivity index (χ1v) is 10.1. The molecule has 28 heavy (non-hydrogen) atoms. The normalized spacial score (nSPS) is 19.4. The highest BCUT2D eigenvalue weighted by atomic mass is 35.5. The highest BCUT2D eigenvalue weighted by molar-refractivity contribution is 6.30. The zero-order chi connectivity index (χ0) is 19.2. The third-order valence-electron chi connectivity index (χ3n) is 5.21. The molecule has 2 aliphatic rings. The number of benzene rings is 1. The summed E-state index contributed by atoms with van der Waals surface area (Å²) < 4.78 is 11.0. The van der Waals surface area contributed by atoms with E-state index in [0.717, 1.165) is 75.8 Å². The molecule has 0 aliphatic carbocycles. The van der Waals surface area contributed by atoms with Crippen molar-refractivity contribution in [3.63, 3.8) is 0 Å². The highest BCUT2D eigenvalue weighted by Gasteiger charge is 2.23. The Morgan fingerprint density at radius 3 is 2.36 bits per heavy atom. The molecule has 1 N–H and O–H groups in total. The largest absolute Gasteiger partial charge is 0.379 e. The van der Waals surface area contributed by atoms with Gasteiger partial charge in [0.2, 0.25) is 0 Å².